The van der Waals surface area contributed by atoms with Crippen molar-refractivity contribution >= 4 is 29.4 Å². The van der Waals surface area contributed by atoms with Gasteiger partial charge >= 0.3 is 12.1 Å². The predicted molar refractivity (Wildman–Crippen MR) is 119 cm³/mol. The van der Waals surface area contributed by atoms with Gasteiger partial charge in [-0.15, -0.1) is 0 Å². The Kier molecular flexibility index (Phi) is 7.57. The van der Waals surface area contributed by atoms with Gasteiger partial charge in [0, 0.05) is 37.9 Å². The van der Waals surface area contributed by atoms with E-state index in [9.17, 15) is 9.59 Å². The summed E-state index contributed by atoms with van der Waals surface area (Å²) in [7, 11) is 3.58. The number of amides is 3. The summed E-state index contributed by atoms with van der Waals surface area (Å²) in [5.41, 5.74) is 2.81. The van der Waals surface area contributed by atoms with Crippen LogP contribution in [0, 0.1) is 5.92 Å². The molecule has 0 saturated carbocycles. The molecule has 6 nitrogen and oxygen atoms in total. The van der Waals surface area contributed by atoms with E-state index in [4.69, 9.17) is 16.3 Å². The van der Waals surface area contributed by atoms with E-state index in [0.29, 0.717) is 16.6 Å². The summed E-state index contributed by atoms with van der Waals surface area (Å²) < 4.78 is 5.24. The van der Waals surface area contributed by atoms with E-state index < -0.39 is 6.09 Å². The average molecular weight is 430 g/mol. The van der Waals surface area contributed by atoms with Gasteiger partial charge in [-0.25, -0.2) is 9.59 Å². The Hall–Kier alpha value is -2.73. The number of hydrogen-bond acceptors (Lipinski definition) is 3. The normalized spacial score (nSPS) is 14.3. The Labute approximate surface area is 182 Å². The first kappa shape index (κ1) is 22.0. The molecule has 0 atom stereocenters. The maximum absolute atomic E-state index is 12.0. The van der Waals surface area contributed by atoms with E-state index in [-0.39, 0.29) is 12.6 Å². The molecule has 1 aliphatic heterocycles. The second-order valence-corrected chi connectivity index (χ2v) is 8.27. The molecule has 0 unspecified atom stereocenters. The summed E-state index contributed by atoms with van der Waals surface area (Å²) in [5, 5.41) is 3.40. The van der Waals surface area contributed by atoms with Crippen molar-refractivity contribution in [2.24, 2.45) is 5.92 Å². The minimum Gasteiger partial charge on any atom is -0.444 e. The molecule has 0 bridgehead atoms. The van der Waals surface area contributed by atoms with Crippen molar-refractivity contribution in [1.29, 1.82) is 0 Å². The number of anilines is 1. The molecule has 3 amide bonds. The molecule has 1 aliphatic rings. The van der Waals surface area contributed by atoms with E-state index in [2.05, 4.69) is 5.32 Å². The molecule has 2 aromatic carbocycles. The van der Waals surface area contributed by atoms with Gasteiger partial charge in [0.25, 0.3) is 0 Å². The first-order valence-electron chi connectivity index (χ1n) is 10.1. The topological polar surface area (TPSA) is 61.9 Å². The second-order valence-electron chi connectivity index (χ2n) is 7.84. The van der Waals surface area contributed by atoms with Crippen LogP contribution in [0.3, 0.4) is 0 Å². The van der Waals surface area contributed by atoms with Crippen LogP contribution in [0.1, 0.15) is 24.0 Å². The van der Waals surface area contributed by atoms with Crippen LogP contribution in [0.2, 0.25) is 5.02 Å². The average Bonchev–Trinajstić information content (AvgIpc) is 2.75. The number of hydrogen-bond donors (Lipinski definition) is 1. The number of benzene rings is 2. The molecular weight excluding hydrogens is 402 g/mol. The summed E-state index contributed by atoms with van der Waals surface area (Å²) >= 11 is 5.85. The summed E-state index contributed by atoms with van der Waals surface area (Å²) in [6.07, 6.45) is 2.51. The number of likely N-dealkylation sites (tertiary alicyclic amines) is 1. The van der Waals surface area contributed by atoms with Crippen molar-refractivity contribution in [2.75, 3.05) is 32.5 Å². The van der Waals surface area contributed by atoms with Gasteiger partial charge in [-0.3, -0.25) is 5.32 Å². The maximum atomic E-state index is 12.0. The molecule has 0 radical (unpaired) electrons. The van der Waals surface area contributed by atoms with Crippen LogP contribution in [0.5, 0.6) is 0 Å². The standard InChI is InChI=1S/C23H28ClN3O3/c1-26(2)23(29)27-13-11-18(12-14-27)15-17-5-9-21(10-6-17)25-22(28)30-16-19-3-7-20(24)8-4-19/h3-10,18H,11-16H2,1-2H3,(H,25,28). The summed E-state index contributed by atoms with van der Waals surface area (Å²) in [5.74, 6) is 0.569. The quantitative estimate of drug-likeness (QED) is 0.725. The molecule has 1 fully saturated rings. The monoisotopic (exact) mass is 429 g/mol. The number of rotatable bonds is 5. The lowest BCUT2D eigenvalue weighted by molar-refractivity contribution is 0.147. The predicted octanol–water partition coefficient (Wildman–Crippen LogP) is 5.02. The van der Waals surface area contributed by atoms with Crippen LogP contribution >= 0.6 is 11.6 Å². The second kappa shape index (κ2) is 10.3. The summed E-state index contributed by atoms with van der Waals surface area (Å²) in [6.45, 7) is 1.80. The fraction of sp³-hybridized carbons (Fsp3) is 0.391. The first-order chi connectivity index (χ1) is 14.4. The van der Waals surface area contributed by atoms with E-state index >= 15 is 0 Å². The minimum absolute atomic E-state index is 0.0897. The van der Waals surface area contributed by atoms with E-state index in [1.54, 1.807) is 31.1 Å². The molecule has 2 aromatic rings. The van der Waals surface area contributed by atoms with Gasteiger partial charge in [-0.2, -0.15) is 0 Å². The van der Waals surface area contributed by atoms with E-state index in [1.807, 2.05) is 41.3 Å². The Morgan fingerprint density at radius 1 is 1.03 bits per heavy atom. The minimum atomic E-state index is -0.490. The highest BCUT2D eigenvalue weighted by Crippen LogP contribution is 2.23. The van der Waals surface area contributed by atoms with Gasteiger partial charge in [0.1, 0.15) is 6.61 Å². The Morgan fingerprint density at radius 2 is 1.63 bits per heavy atom. The number of nitrogens with zero attached hydrogens (tertiary/aromatic N) is 2. The van der Waals surface area contributed by atoms with Gasteiger partial charge in [-0.05, 0) is 60.6 Å². The highest BCUT2D eigenvalue weighted by Gasteiger charge is 2.23. The summed E-state index contributed by atoms with van der Waals surface area (Å²) in [6, 6.07) is 15.1. The number of carbonyl (C=O) groups is 2. The third-order valence-electron chi connectivity index (χ3n) is 5.28. The van der Waals surface area contributed by atoms with Crippen molar-refractivity contribution in [3.05, 3.63) is 64.7 Å². The molecule has 160 valence electrons. The number of ether oxygens (including phenoxy) is 1. The number of urea groups is 1. The molecule has 30 heavy (non-hydrogen) atoms. The Bertz CT molecular complexity index is 845. The maximum Gasteiger partial charge on any atom is 0.411 e. The van der Waals surface area contributed by atoms with Crippen molar-refractivity contribution in [1.82, 2.24) is 9.80 Å². The molecule has 7 heteroatoms. The fourth-order valence-electron chi connectivity index (χ4n) is 3.55. The van der Waals surface area contributed by atoms with Crippen LogP contribution < -0.4 is 5.32 Å². The van der Waals surface area contributed by atoms with E-state index in [1.165, 1.54) is 5.56 Å². The fourth-order valence-corrected chi connectivity index (χ4v) is 3.68. The van der Waals surface area contributed by atoms with Crippen molar-refractivity contribution < 1.29 is 14.3 Å². The molecule has 3 rings (SSSR count). The third kappa shape index (κ3) is 6.39. The van der Waals surface area contributed by atoms with Gasteiger partial charge in [0.15, 0.2) is 0 Å². The molecule has 1 heterocycles. The first-order valence-corrected chi connectivity index (χ1v) is 10.5. The third-order valence-corrected chi connectivity index (χ3v) is 5.53. The zero-order chi connectivity index (χ0) is 21.5. The molecule has 0 aromatic heterocycles. The number of piperidine rings is 1. The SMILES string of the molecule is CN(C)C(=O)N1CCC(Cc2ccc(NC(=O)OCc3ccc(Cl)cc3)cc2)CC1. The number of halogens is 1. The van der Waals surface area contributed by atoms with Crippen LogP contribution in [-0.4, -0.2) is 49.1 Å². The van der Waals surface area contributed by atoms with Gasteiger partial charge < -0.3 is 14.5 Å². The molecule has 0 spiro atoms. The van der Waals surface area contributed by atoms with Crippen LogP contribution in [0.25, 0.3) is 0 Å². The Morgan fingerprint density at radius 3 is 2.23 bits per heavy atom. The van der Waals surface area contributed by atoms with Gasteiger partial charge in [0.05, 0.1) is 0 Å². The number of carbonyl (C=O) groups excluding carboxylic acids is 2. The molecule has 0 aliphatic carbocycles. The van der Waals surface area contributed by atoms with Crippen LogP contribution in [-0.2, 0) is 17.8 Å². The lowest BCUT2D eigenvalue weighted by atomic mass is 9.90. The van der Waals surface area contributed by atoms with Crippen molar-refractivity contribution in [3.63, 3.8) is 0 Å². The Balaban J connectivity index is 1.42. The lowest BCUT2D eigenvalue weighted by Gasteiger charge is -2.33. The molecule has 1 N–H and O–H groups in total. The summed E-state index contributed by atoms with van der Waals surface area (Å²) in [4.78, 5) is 27.6. The van der Waals surface area contributed by atoms with Crippen molar-refractivity contribution in [3.8, 4) is 0 Å². The van der Waals surface area contributed by atoms with Crippen LogP contribution in [0.4, 0.5) is 15.3 Å². The van der Waals surface area contributed by atoms with Crippen LogP contribution in [0.15, 0.2) is 48.5 Å². The molecule has 1 saturated heterocycles. The smallest absolute Gasteiger partial charge is 0.411 e. The zero-order valence-corrected chi connectivity index (χ0v) is 18.2. The lowest BCUT2D eigenvalue weighted by Crippen LogP contribution is -2.44. The number of nitrogens with one attached hydrogen (secondary N) is 1. The highest BCUT2D eigenvalue weighted by molar-refractivity contribution is 6.30. The van der Waals surface area contributed by atoms with E-state index in [0.717, 1.165) is 37.9 Å². The molecular formula is C23H28ClN3O3. The van der Waals surface area contributed by atoms with Gasteiger partial charge in [0.2, 0.25) is 0 Å². The largest absolute Gasteiger partial charge is 0.444 e. The van der Waals surface area contributed by atoms with Crippen molar-refractivity contribution in [2.45, 2.75) is 25.9 Å². The zero-order valence-electron chi connectivity index (χ0n) is 17.4. The van der Waals surface area contributed by atoms with Gasteiger partial charge in [-0.1, -0.05) is 35.9 Å². The highest BCUT2D eigenvalue weighted by atomic mass is 35.5.